The molecule has 0 fully saturated rings. The van der Waals surface area contributed by atoms with E-state index < -0.39 is 0 Å². The van der Waals surface area contributed by atoms with Crippen molar-refractivity contribution < 1.29 is 9.53 Å². The fourth-order valence-electron chi connectivity index (χ4n) is 2.93. The van der Waals surface area contributed by atoms with E-state index in [4.69, 9.17) is 16.3 Å². The number of amides is 1. The molecule has 3 rings (SSSR count). The Bertz CT molecular complexity index is 964. The second-order valence-corrected chi connectivity index (χ2v) is 6.90. The van der Waals surface area contributed by atoms with E-state index in [-0.39, 0.29) is 5.91 Å². The molecule has 0 saturated heterocycles. The maximum Gasteiger partial charge on any atom is 0.274 e. The first-order valence-electron chi connectivity index (χ1n) is 8.88. The highest BCUT2D eigenvalue weighted by atomic mass is 35.5. The van der Waals surface area contributed by atoms with Gasteiger partial charge in [0.15, 0.2) is 0 Å². The van der Waals surface area contributed by atoms with Gasteiger partial charge in [-0.3, -0.25) is 4.79 Å². The van der Waals surface area contributed by atoms with Crippen molar-refractivity contribution in [1.82, 2.24) is 4.98 Å². The number of pyridine rings is 1. The van der Waals surface area contributed by atoms with Gasteiger partial charge in [0.25, 0.3) is 5.91 Å². The number of anilines is 2. The third-order valence-corrected chi connectivity index (χ3v) is 4.64. The minimum atomic E-state index is -0.301. The van der Waals surface area contributed by atoms with Crippen LogP contribution in [-0.2, 0) is 6.54 Å². The van der Waals surface area contributed by atoms with Crippen LogP contribution in [0.4, 0.5) is 11.4 Å². The molecule has 0 unspecified atom stereocenters. The molecular weight excluding hydrogens is 374 g/mol. The second kappa shape index (κ2) is 8.76. The lowest BCUT2D eigenvalue weighted by Crippen LogP contribution is -2.15. The molecule has 2 N–H and O–H groups in total. The number of aryl methyl sites for hydroxylation is 2. The maximum atomic E-state index is 12.5. The number of para-hydroxylation sites is 1. The van der Waals surface area contributed by atoms with Crippen LogP contribution in [-0.4, -0.2) is 18.0 Å². The highest BCUT2D eigenvalue weighted by molar-refractivity contribution is 6.34. The molecule has 6 heteroatoms. The highest BCUT2D eigenvalue weighted by Gasteiger charge is 2.12. The van der Waals surface area contributed by atoms with Gasteiger partial charge >= 0.3 is 0 Å². The minimum absolute atomic E-state index is 0.301. The van der Waals surface area contributed by atoms with Crippen molar-refractivity contribution in [2.24, 2.45) is 0 Å². The fraction of sp³-hybridized carbons (Fsp3) is 0.182. The molecule has 0 atom stereocenters. The van der Waals surface area contributed by atoms with Crippen LogP contribution in [0.15, 0.2) is 54.7 Å². The lowest BCUT2D eigenvalue weighted by molar-refractivity contribution is 0.102. The van der Waals surface area contributed by atoms with E-state index in [2.05, 4.69) is 15.6 Å². The summed E-state index contributed by atoms with van der Waals surface area (Å²) in [5.41, 5.74) is 4.73. The second-order valence-electron chi connectivity index (χ2n) is 6.49. The molecule has 28 heavy (non-hydrogen) atoms. The van der Waals surface area contributed by atoms with Gasteiger partial charge in [0.1, 0.15) is 11.4 Å². The van der Waals surface area contributed by atoms with Crippen LogP contribution in [0.2, 0.25) is 5.02 Å². The summed E-state index contributed by atoms with van der Waals surface area (Å²) < 4.78 is 5.35. The van der Waals surface area contributed by atoms with E-state index >= 15 is 0 Å². The Morgan fingerprint density at radius 2 is 1.93 bits per heavy atom. The van der Waals surface area contributed by atoms with Crippen molar-refractivity contribution in [2.75, 3.05) is 17.7 Å². The molecule has 5 nitrogen and oxygen atoms in total. The topological polar surface area (TPSA) is 63.2 Å². The van der Waals surface area contributed by atoms with Crippen LogP contribution in [0, 0.1) is 13.8 Å². The van der Waals surface area contributed by atoms with Gasteiger partial charge in [-0.05, 0) is 49.2 Å². The summed E-state index contributed by atoms with van der Waals surface area (Å²) in [5.74, 6) is 0.523. The Balaban J connectivity index is 1.66. The largest absolute Gasteiger partial charge is 0.496 e. The maximum absolute atomic E-state index is 12.5. The number of nitrogens with zero attached hydrogens (tertiary/aromatic N) is 1. The monoisotopic (exact) mass is 395 g/mol. The van der Waals surface area contributed by atoms with Gasteiger partial charge in [0.2, 0.25) is 0 Å². The summed E-state index contributed by atoms with van der Waals surface area (Å²) in [6.07, 6.45) is 1.63. The minimum Gasteiger partial charge on any atom is -0.496 e. The summed E-state index contributed by atoms with van der Waals surface area (Å²) in [5, 5.41) is 6.64. The molecule has 1 amide bonds. The van der Waals surface area contributed by atoms with Crippen molar-refractivity contribution >= 4 is 28.9 Å². The first kappa shape index (κ1) is 19.7. The summed E-state index contributed by atoms with van der Waals surface area (Å²) >= 11 is 6.26. The smallest absolute Gasteiger partial charge is 0.274 e. The van der Waals surface area contributed by atoms with Gasteiger partial charge in [0, 0.05) is 12.1 Å². The zero-order valence-electron chi connectivity index (χ0n) is 16.0. The van der Waals surface area contributed by atoms with E-state index in [1.165, 1.54) is 0 Å². The standard InChI is InChI=1S/C22H22ClN3O2/c1-14-10-15(2)21(18(23)11-14)26-22(27)19-9-8-17(13-25-19)24-12-16-6-4-5-7-20(16)28-3/h4-11,13,24H,12H2,1-3H3,(H,26,27). The summed E-state index contributed by atoms with van der Waals surface area (Å²) in [6, 6.07) is 15.1. The number of aromatic nitrogens is 1. The van der Waals surface area contributed by atoms with Crippen LogP contribution in [0.5, 0.6) is 5.75 Å². The van der Waals surface area contributed by atoms with Crippen molar-refractivity contribution in [1.29, 1.82) is 0 Å². The molecule has 0 saturated carbocycles. The quantitative estimate of drug-likeness (QED) is 0.600. The van der Waals surface area contributed by atoms with Crippen LogP contribution in [0.3, 0.4) is 0 Å². The van der Waals surface area contributed by atoms with E-state index in [1.807, 2.05) is 56.3 Å². The van der Waals surface area contributed by atoms with E-state index in [9.17, 15) is 4.79 Å². The third-order valence-electron chi connectivity index (χ3n) is 4.34. The first-order chi connectivity index (χ1) is 13.5. The number of benzene rings is 2. The van der Waals surface area contributed by atoms with Crippen LogP contribution < -0.4 is 15.4 Å². The average Bonchev–Trinajstić information content (AvgIpc) is 2.69. The van der Waals surface area contributed by atoms with Crippen LogP contribution >= 0.6 is 11.6 Å². The molecule has 2 aromatic carbocycles. The lowest BCUT2D eigenvalue weighted by atomic mass is 10.1. The van der Waals surface area contributed by atoms with Crippen molar-refractivity contribution in [3.63, 3.8) is 0 Å². The van der Waals surface area contributed by atoms with Gasteiger partial charge in [-0.1, -0.05) is 35.9 Å². The molecular formula is C22H22ClN3O2. The molecule has 0 aliphatic carbocycles. The summed E-state index contributed by atoms with van der Waals surface area (Å²) in [7, 11) is 1.65. The SMILES string of the molecule is COc1ccccc1CNc1ccc(C(=O)Nc2c(C)cc(C)cc2Cl)nc1. The number of methoxy groups -OCH3 is 1. The van der Waals surface area contributed by atoms with Crippen molar-refractivity contribution in [3.05, 3.63) is 82.1 Å². The summed E-state index contributed by atoms with van der Waals surface area (Å²) in [4.78, 5) is 16.8. The van der Waals surface area contributed by atoms with Gasteiger partial charge in [-0.15, -0.1) is 0 Å². The van der Waals surface area contributed by atoms with E-state index in [0.29, 0.717) is 22.9 Å². The molecule has 1 aromatic heterocycles. The molecule has 0 aliphatic rings. The molecule has 3 aromatic rings. The normalized spacial score (nSPS) is 10.4. The van der Waals surface area contributed by atoms with Crippen LogP contribution in [0.1, 0.15) is 27.2 Å². The Morgan fingerprint density at radius 1 is 1.14 bits per heavy atom. The third kappa shape index (κ3) is 4.61. The molecule has 1 heterocycles. The number of halogens is 1. The van der Waals surface area contributed by atoms with Gasteiger partial charge < -0.3 is 15.4 Å². The average molecular weight is 396 g/mol. The Morgan fingerprint density at radius 3 is 2.61 bits per heavy atom. The van der Waals surface area contributed by atoms with Crippen molar-refractivity contribution in [3.8, 4) is 5.75 Å². The number of hydrogen-bond donors (Lipinski definition) is 2. The first-order valence-corrected chi connectivity index (χ1v) is 9.25. The summed E-state index contributed by atoms with van der Waals surface area (Å²) in [6.45, 7) is 4.46. The number of carbonyl (C=O) groups excluding carboxylic acids is 1. The Kier molecular flexibility index (Phi) is 6.16. The zero-order valence-corrected chi connectivity index (χ0v) is 16.8. The lowest BCUT2D eigenvalue weighted by Gasteiger charge is -2.12. The predicted molar refractivity (Wildman–Crippen MR) is 113 cm³/mol. The van der Waals surface area contributed by atoms with E-state index in [0.717, 1.165) is 28.1 Å². The van der Waals surface area contributed by atoms with Gasteiger partial charge in [0.05, 0.1) is 29.7 Å². The molecule has 144 valence electrons. The number of hydrogen-bond acceptors (Lipinski definition) is 4. The molecule has 0 bridgehead atoms. The van der Waals surface area contributed by atoms with Crippen molar-refractivity contribution in [2.45, 2.75) is 20.4 Å². The molecule has 0 spiro atoms. The molecule has 0 aliphatic heterocycles. The Labute approximate surface area is 169 Å². The number of rotatable bonds is 6. The van der Waals surface area contributed by atoms with E-state index in [1.54, 1.807) is 19.4 Å². The highest BCUT2D eigenvalue weighted by Crippen LogP contribution is 2.27. The number of nitrogens with one attached hydrogen (secondary N) is 2. The van der Waals surface area contributed by atoms with Gasteiger partial charge in [-0.25, -0.2) is 4.98 Å². The zero-order chi connectivity index (χ0) is 20.1. The fourth-order valence-corrected chi connectivity index (χ4v) is 3.30. The number of ether oxygens (including phenoxy) is 1. The predicted octanol–water partition coefficient (Wildman–Crippen LogP) is 5.22. The number of carbonyl (C=O) groups is 1. The Hall–Kier alpha value is -3.05. The molecule has 0 radical (unpaired) electrons. The van der Waals surface area contributed by atoms with Crippen LogP contribution in [0.25, 0.3) is 0 Å². The van der Waals surface area contributed by atoms with Gasteiger partial charge in [-0.2, -0.15) is 0 Å².